The fraction of sp³-hybridized carbons (Fsp3) is 0. The molecule has 0 spiro atoms. The first kappa shape index (κ1) is 14.9. The molecule has 1 radical (unpaired) electrons. The minimum Gasteiger partial charge on any atom is -0.565 e. The molecule has 0 saturated heterocycles. The molecule has 1 N–H and O–H groups in total. The van der Waals surface area contributed by atoms with Crippen LogP contribution in [0.1, 0.15) is 5.56 Å². The second kappa shape index (κ2) is 6.16. The summed E-state index contributed by atoms with van der Waals surface area (Å²) in [5.74, 6) is -1.63. The number of phenolic OH excluding ortho intramolecular Hbond substituents is 1. The maximum Gasteiger partial charge on any atom is 0.132 e. The van der Waals surface area contributed by atoms with Gasteiger partial charge in [0.25, 0.3) is 0 Å². The third-order valence-corrected chi connectivity index (χ3v) is 2.35. The van der Waals surface area contributed by atoms with Crippen LogP contribution in [0.5, 0.6) is 5.75 Å². The molecule has 18 heavy (non-hydrogen) atoms. The number of hydrogen-bond donors (Lipinski definition) is 1. The van der Waals surface area contributed by atoms with E-state index >= 15 is 0 Å². The van der Waals surface area contributed by atoms with Crippen LogP contribution in [0, 0.1) is 11.6 Å². The zero-order valence-electron chi connectivity index (χ0n) is 9.15. The van der Waals surface area contributed by atoms with Crippen LogP contribution in [-0.4, -0.2) is 11.4 Å². The van der Waals surface area contributed by atoms with Gasteiger partial charge in [-0.1, -0.05) is 17.7 Å². The maximum absolute atomic E-state index is 13.5. The fourth-order valence-corrected chi connectivity index (χ4v) is 1.51. The van der Waals surface area contributed by atoms with Gasteiger partial charge in [-0.3, -0.25) is 0 Å². The molecule has 0 fully saturated rings. The summed E-state index contributed by atoms with van der Waals surface area (Å²) in [6, 6.07) is 7.14. The van der Waals surface area contributed by atoms with Gasteiger partial charge in [-0.15, -0.1) is 11.6 Å². The van der Waals surface area contributed by atoms with Crippen LogP contribution in [0.25, 0.3) is 11.1 Å². The Labute approximate surface area is 128 Å². The van der Waals surface area contributed by atoms with Gasteiger partial charge in [0, 0.05) is 50.1 Å². The molecule has 0 bridgehead atoms. The van der Waals surface area contributed by atoms with E-state index in [2.05, 4.69) is 0 Å². The molecule has 2 nitrogen and oxygen atoms in total. The van der Waals surface area contributed by atoms with E-state index in [0.717, 1.165) is 12.1 Å². The van der Waals surface area contributed by atoms with E-state index in [9.17, 15) is 18.7 Å². The number of rotatable bonds is 2. The summed E-state index contributed by atoms with van der Waals surface area (Å²) in [6.45, 7) is 0. The third kappa shape index (κ3) is 3.00. The van der Waals surface area contributed by atoms with Crippen LogP contribution >= 0.6 is 0 Å². The zero-order valence-corrected chi connectivity index (χ0v) is 12.0. The summed E-state index contributed by atoms with van der Waals surface area (Å²) >= 11 is 0. The van der Waals surface area contributed by atoms with Crippen LogP contribution in [0.3, 0.4) is 0 Å². The van der Waals surface area contributed by atoms with Crippen molar-refractivity contribution in [3.05, 3.63) is 53.6 Å². The first-order valence-corrected chi connectivity index (χ1v) is 4.78. The Balaban J connectivity index is 0.00000162. The van der Waals surface area contributed by atoms with E-state index in [1.54, 1.807) is 0 Å². The molecular formula is C13H7F2O2Y-. The zero-order chi connectivity index (χ0) is 12.4. The number of carbonyl (C=O) groups excluding carboxylic acids is 1. The van der Waals surface area contributed by atoms with Crippen molar-refractivity contribution in [2.24, 2.45) is 0 Å². The molecule has 0 aliphatic heterocycles. The number of aromatic hydroxyl groups is 1. The largest absolute Gasteiger partial charge is 0.565 e. The summed E-state index contributed by atoms with van der Waals surface area (Å²) in [6.07, 6.45) is 1.54. The number of hydrogen-bond acceptors (Lipinski definition) is 2. The fourth-order valence-electron chi connectivity index (χ4n) is 1.51. The third-order valence-electron chi connectivity index (χ3n) is 2.35. The van der Waals surface area contributed by atoms with Gasteiger partial charge in [0.15, 0.2) is 0 Å². The van der Waals surface area contributed by atoms with E-state index in [1.807, 2.05) is 0 Å². The molecule has 2 aromatic carbocycles. The van der Waals surface area contributed by atoms with Gasteiger partial charge in [0.05, 0.1) is 6.29 Å². The van der Waals surface area contributed by atoms with E-state index in [0.29, 0.717) is 5.56 Å². The van der Waals surface area contributed by atoms with Crippen LogP contribution in [0.2, 0.25) is 0 Å². The van der Waals surface area contributed by atoms with E-state index in [4.69, 9.17) is 0 Å². The average molecular weight is 322 g/mol. The predicted octanol–water partition coefficient (Wildman–Crippen LogP) is 2.79. The average Bonchev–Trinajstić information content (AvgIpc) is 2.30. The quantitative estimate of drug-likeness (QED) is 0.864. The van der Waals surface area contributed by atoms with E-state index < -0.39 is 11.6 Å². The predicted molar refractivity (Wildman–Crippen MR) is 58.3 cm³/mol. The van der Waals surface area contributed by atoms with Crippen molar-refractivity contribution >= 4 is 6.29 Å². The van der Waals surface area contributed by atoms with Crippen molar-refractivity contribution in [2.45, 2.75) is 0 Å². The van der Waals surface area contributed by atoms with Crippen molar-refractivity contribution in [2.75, 3.05) is 0 Å². The summed E-state index contributed by atoms with van der Waals surface area (Å²) < 4.78 is 26.2. The molecule has 89 valence electrons. The van der Waals surface area contributed by atoms with E-state index in [1.165, 1.54) is 30.6 Å². The number of halogens is 2. The Hall–Kier alpha value is -1.13. The normalized spacial score (nSPS) is 9.67. The Morgan fingerprint density at radius 1 is 1.06 bits per heavy atom. The van der Waals surface area contributed by atoms with Gasteiger partial charge < -0.3 is 9.90 Å². The molecule has 0 aliphatic carbocycles. The Morgan fingerprint density at radius 2 is 1.78 bits per heavy atom. The second-order valence-electron chi connectivity index (χ2n) is 3.46. The topological polar surface area (TPSA) is 37.3 Å². The van der Waals surface area contributed by atoms with Crippen molar-refractivity contribution in [3.8, 4) is 16.9 Å². The van der Waals surface area contributed by atoms with Crippen molar-refractivity contribution in [1.82, 2.24) is 0 Å². The van der Waals surface area contributed by atoms with Gasteiger partial charge in [0.2, 0.25) is 0 Å². The van der Waals surface area contributed by atoms with Gasteiger partial charge >= 0.3 is 0 Å². The molecule has 0 amide bonds. The molecule has 0 saturated carbocycles. The van der Waals surface area contributed by atoms with Gasteiger partial charge in [-0.2, -0.15) is 0 Å². The van der Waals surface area contributed by atoms with Crippen molar-refractivity contribution in [1.29, 1.82) is 0 Å². The molecule has 2 aromatic rings. The molecule has 0 heterocycles. The molecule has 0 atom stereocenters. The van der Waals surface area contributed by atoms with Crippen LogP contribution < -0.4 is 0 Å². The van der Waals surface area contributed by atoms with Crippen molar-refractivity contribution < 1.29 is 51.4 Å². The standard InChI is InChI=1S/C13H7F2O2.Y/c14-10-2-3-11(12(15)6-10)8-1-4-13(17)9(5-8)7-16;/h1-6,17H;/q-1;. The Bertz CT molecular complexity index is 585. The molecule has 0 aromatic heterocycles. The second-order valence-corrected chi connectivity index (χ2v) is 3.46. The molecule has 5 heteroatoms. The van der Waals surface area contributed by atoms with Crippen LogP contribution in [0.4, 0.5) is 8.78 Å². The van der Waals surface area contributed by atoms with E-state index in [-0.39, 0.29) is 49.6 Å². The van der Waals surface area contributed by atoms with Crippen LogP contribution in [0.15, 0.2) is 36.4 Å². The van der Waals surface area contributed by atoms with Gasteiger partial charge in [-0.25, -0.2) is 8.78 Å². The summed E-state index contributed by atoms with van der Waals surface area (Å²) in [5.41, 5.74) is 0.466. The number of benzene rings is 2. The summed E-state index contributed by atoms with van der Waals surface area (Å²) in [7, 11) is 0. The van der Waals surface area contributed by atoms with Crippen LogP contribution in [-0.2, 0) is 37.5 Å². The minimum absolute atomic E-state index is 0. The SMILES string of the molecule is O=[C-]c1cc(-c2ccc(F)cc2F)ccc1O.[Y]. The molecule has 2 rings (SSSR count). The monoisotopic (exact) mass is 322 g/mol. The first-order valence-electron chi connectivity index (χ1n) is 4.78. The molecular weight excluding hydrogens is 315 g/mol. The molecule has 0 unspecified atom stereocenters. The van der Waals surface area contributed by atoms with Crippen molar-refractivity contribution in [3.63, 3.8) is 0 Å². The first-order chi connectivity index (χ1) is 8.11. The van der Waals surface area contributed by atoms with Gasteiger partial charge in [-0.05, 0) is 12.1 Å². The minimum atomic E-state index is -0.729. The summed E-state index contributed by atoms with van der Waals surface area (Å²) in [4.78, 5) is 10.5. The molecule has 0 aliphatic rings. The Kier molecular flexibility index (Phi) is 5.11. The summed E-state index contributed by atoms with van der Waals surface area (Å²) in [5, 5.41) is 9.28. The smallest absolute Gasteiger partial charge is 0.132 e. The van der Waals surface area contributed by atoms with Gasteiger partial charge in [0.1, 0.15) is 11.6 Å². The Morgan fingerprint density at radius 3 is 2.39 bits per heavy atom. The maximum atomic E-state index is 13.5. The number of phenols is 1.